The summed E-state index contributed by atoms with van der Waals surface area (Å²) in [6, 6.07) is 9.99. The van der Waals surface area contributed by atoms with Crippen molar-refractivity contribution in [1.82, 2.24) is 4.57 Å². The average Bonchev–Trinajstić information content (AvgIpc) is 2.43. The Labute approximate surface area is 123 Å². The summed E-state index contributed by atoms with van der Waals surface area (Å²) in [7, 11) is -0.251. The molecule has 0 radical (unpaired) electrons. The lowest BCUT2D eigenvalue weighted by molar-refractivity contribution is 0.411. The molecule has 0 fully saturated rings. The molecule has 0 atom stereocenters. The van der Waals surface area contributed by atoms with E-state index in [1.807, 2.05) is 0 Å². The molecule has 0 saturated heterocycles. The third-order valence-corrected chi connectivity index (χ3v) is 4.65. The van der Waals surface area contributed by atoms with Crippen LogP contribution in [0.3, 0.4) is 0 Å². The third-order valence-electron chi connectivity index (χ3n) is 3.12. The summed E-state index contributed by atoms with van der Waals surface area (Å²) in [6.45, 7) is 0. The van der Waals surface area contributed by atoms with Gasteiger partial charge in [0, 0.05) is 24.9 Å². The number of rotatable bonds is 5. The molecular weight excluding hydrogens is 290 g/mol. The monoisotopic (exact) mass is 307 g/mol. The minimum Gasteiger partial charge on any atom is -0.496 e. The van der Waals surface area contributed by atoms with Crippen LogP contribution in [-0.4, -0.2) is 20.1 Å². The Bertz CT molecular complexity index is 793. The molecule has 21 heavy (non-hydrogen) atoms. The van der Waals surface area contributed by atoms with Gasteiger partial charge in [0.05, 0.1) is 18.6 Å². The highest BCUT2D eigenvalue weighted by Gasteiger charge is 2.16. The van der Waals surface area contributed by atoms with E-state index in [4.69, 9.17) is 4.74 Å². The van der Waals surface area contributed by atoms with E-state index in [9.17, 15) is 13.2 Å². The molecule has 0 aliphatic heterocycles. The summed E-state index contributed by atoms with van der Waals surface area (Å²) in [5.74, 6) is 0.262. The van der Waals surface area contributed by atoms with Crippen LogP contribution in [0.25, 0.3) is 0 Å². The number of aromatic nitrogens is 1. The van der Waals surface area contributed by atoms with Crippen LogP contribution in [0.1, 0.15) is 11.1 Å². The summed E-state index contributed by atoms with van der Waals surface area (Å²) in [6.07, 6.45) is 1.57. The maximum absolute atomic E-state index is 12.3. The van der Waals surface area contributed by atoms with E-state index >= 15 is 0 Å². The van der Waals surface area contributed by atoms with Crippen molar-refractivity contribution in [1.29, 1.82) is 0 Å². The Morgan fingerprint density at radius 1 is 1.14 bits per heavy atom. The van der Waals surface area contributed by atoms with Gasteiger partial charge < -0.3 is 9.30 Å². The molecule has 0 spiro atoms. The van der Waals surface area contributed by atoms with Crippen LogP contribution in [0.4, 0.5) is 0 Å². The number of hydrogen-bond donors (Lipinski definition) is 0. The van der Waals surface area contributed by atoms with Crippen molar-refractivity contribution in [3.8, 4) is 5.75 Å². The fraction of sp³-hybridized carbons (Fsp3) is 0.267. The molecule has 0 N–H and O–H groups in total. The van der Waals surface area contributed by atoms with Crippen LogP contribution < -0.4 is 10.3 Å². The number of hydrogen-bond acceptors (Lipinski definition) is 4. The summed E-state index contributed by atoms with van der Waals surface area (Å²) in [5, 5.41) is 0. The van der Waals surface area contributed by atoms with Crippen LogP contribution in [0.2, 0.25) is 0 Å². The van der Waals surface area contributed by atoms with Gasteiger partial charge in [0.15, 0.2) is 9.84 Å². The van der Waals surface area contributed by atoms with Crippen LogP contribution >= 0.6 is 0 Å². The van der Waals surface area contributed by atoms with Crippen LogP contribution in [0.15, 0.2) is 47.4 Å². The number of sulfone groups is 1. The topological polar surface area (TPSA) is 65.4 Å². The largest absolute Gasteiger partial charge is 0.496 e. The maximum atomic E-state index is 12.3. The minimum atomic E-state index is -3.38. The predicted octanol–water partition coefficient (Wildman–Crippen LogP) is 1.51. The molecule has 1 aromatic heterocycles. The quantitative estimate of drug-likeness (QED) is 0.840. The van der Waals surface area contributed by atoms with Crippen molar-refractivity contribution >= 4 is 9.84 Å². The fourth-order valence-electron chi connectivity index (χ4n) is 2.04. The Morgan fingerprint density at radius 2 is 1.86 bits per heavy atom. The second-order valence-electron chi connectivity index (χ2n) is 4.83. The molecule has 6 heteroatoms. The first-order chi connectivity index (χ1) is 9.91. The van der Waals surface area contributed by atoms with Crippen LogP contribution in [0, 0.1) is 0 Å². The van der Waals surface area contributed by atoms with Crippen molar-refractivity contribution in [2.24, 2.45) is 7.05 Å². The summed E-state index contributed by atoms with van der Waals surface area (Å²) in [5.41, 5.74) is 0.886. The molecule has 0 aliphatic carbocycles. The number of aryl methyl sites for hydroxylation is 1. The molecule has 0 saturated carbocycles. The number of ether oxygens (including phenoxy) is 1. The van der Waals surface area contributed by atoms with E-state index < -0.39 is 9.84 Å². The van der Waals surface area contributed by atoms with Gasteiger partial charge in [-0.3, -0.25) is 4.79 Å². The maximum Gasteiger partial charge on any atom is 0.250 e. The normalized spacial score (nSPS) is 11.3. The van der Waals surface area contributed by atoms with Crippen molar-refractivity contribution in [2.75, 3.05) is 7.11 Å². The van der Waals surface area contributed by atoms with E-state index in [-0.39, 0.29) is 17.1 Å². The lowest BCUT2D eigenvalue weighted by Crippen LogP contribution is -2.17. The van der Waals surface area contributed by atoms with Crippen LogP contribution in [0.5, 0.6) is 5.75 Å². The molecule has 1 aromatic carbocycles. The zero-order valence-corrected chi connectivity index (χ0v) is 12.8. The van der Waals surface area contributed by atoms with Gasteiger partial charge in [0.1, 0.15) is 5.75 Å². The predicted molar refractivity (Wildman–Crippen MR) is 81.0 cm³/mol. The Hall–Kier alpha value is -2.08. The molecule has 0 amide bonds. The second kappa shape index (κ2) is 6.13. The number of nitrogens with zero attached hydrogens (tertiary/aromatic N) is 1. The highest BCUT2D eigenvalue weighted by molar-refractivity contribution is 7.89. The summed E-state index contributed by atoms with van der Waals surface area (Å²) < 4.78 is 31.1. The van der Waals surface area contributed by atoms with Gasteiger partial charge >= 0.3 is 0 Å². The average molecular weight is 307 g/mol. The molecule has 0 unspecified atom stereocenters. The SMILES string of the molecule is COc1ccccc1CS(=O)(=O)Cc1ccn(C)c(=O)c1. The standard InChI is InChI=1S/C15H17NO4S/c1-16-8-7-12(9-15(16)17)10-21(18,19)11-13-5-3-4-6-14(13)20-2/h3-9H,10-11H2,1-2H3. The molecular formula is C15H17NO4S. The smallest absolute Gasteiger partial charge is 0.250 e. The first-order valence-corrected chi connectivity index (χ1v) is 8.21. The van der Waals surface area contributed by atoms with Crippen LogP contribution in [-0.2, 0) is 28.4 Å². The lowest BCUT2D eigenvalue weighted by atomic mass is 10.2. The van der Waals surface area contributed by atoms with Gasteiger partial charge in [-0.05, 0) is 17.7 Å². The number of pyridine rings is 1. The molecule has 112 valence electrons. The highest BCUT2D eigenvalue weighted by atomic mass is 32.2. The number of benzene rings is 1. The van der Waals surface area contributed by atoms with E-state index in [1.54, 1.807) is 43.6 Å². The van der Waals surface area contributed by atoms with Crippen molar-refractivity contribution in [3.05, 3.63) is 64.1 Å². The Balaban J connectivity index is 2.22. The zero-order valence-electron chi connectivity index (χ0n) is 11.9. The fourth-order valence-corrected chi connectivity index (χ4v) is 3.55. The van der Waals surface area contributed by atoms with Gasteiger partial charge in [-0.2, -0.15) is 0 Å². The molecule has 1 heterocycles. The van der Waals surface area contributed by atoms with Gasteiger partial charge in [-0.1, -0.05) is 18.2 Å². The molecule has 0 bridgehead atoms. The second-order valence-corrected chi connectivity index (χ2v) is 6.89. The summed E-state index contributed by atoms with van der Waals surface area (Å²) in [4.78, 5) is 11.5. The number of methoxy groups -OCH3 is 1. The zero-order chi connectivity index (χ0) is 15.5. The van der Waals surface area contributed by atoms with Gasteiger partial charge in [0.25, 0.3) is 5.56 Å². The molecule has 2 rings (SSSR count). The van der Waals surface area contributed by atoms with Crippen molar-refractivity contribution in [3.63, 3.8) is 0 Å². The van der Waals surface area contributed by atoms with Crippen molar-refractivity contribution in [2.45, 2.75) is 11.5 Å². The molecule has 0 aliphatic rings. The van der Waals surface area contributed by atoms with Gasteiger partial charge in [-0.15, -0.1) is 0 Å². The molecule has 2 aromatic rings. The first-order valence-electron chi connectivity index (χ1n) is 6.39. The van der Waals surface area contributed by atoms with Gasteiger partial charge in [-0.25, -0.2) is 8.42 Å². The van der Waals surface area contributed by atoms with E-state index in [0.717, 1.165) is 0 Å². The Morgan fingerprint density at radius 3 is 2.52 bits per heavy atom. The minimum absolute atomic E-state index is 0.119. The van der Waals surface area contributed by atoms with Gasteiger partial charge in [0.2, 0.25) is 0 Å². The summed E-state index contributed by atoms with van der Waals surface area (Å²) >= 11 is 0. The van der Waals surface area contributed by atoms with E-state index in [0.29, 0.717) is 16.9 Å². The number of para-hydroxylation sites is 1. The first kappa shape index (κ1) is 15.3. The Kier molecular flexibility index (Phi) is 4.47. The molecule has 5 nitrogen and oxygen atoms in total. The van der Waals surface area contributed by atoms with E-state index in [1.165, 1.54) is 17.7 Å². The third kappa shape index (κ3) is 3.95. The van der Waals surface area contributed by atoms with E-state index in [2.05, 4.69) is 0 Å². The van der Waals surface area contributed by atoms with Crippen molar-refractivity contribution < 1.29 is 13.2 Å². The lowest BCUT2D eigenvalue weighted by Gasteiger charge is -2.09. The highest BCUT2D eigenvalue weighted by Crippen LogP contribution is 2.21.